The molecule has 196 valence electrons. The minimum Gasteiger partial charge on any atom is -0.497 e. The smallest absolute Gasteiger partial charge is 0.261 e. The Morgan fingerprint density at radius 1 is 0.946 bits per heavy atom. The summed E-state index contributed by atoms with van der Waals surface area (Å²) in [5.41, 5.74) is 3.94. The first-order valence-corrected chi connectivity index (χ1v) is 12.9. The van der Waals surface area contributed by atoms with Crippen molar-refractivity contribution >= 4 is 11.8 Å². The molecule has 3 aromatic carbocycles. The van der Waals surface area contributed by atoms with Crippen molar-refractivity contribution in [1.82, 2.24) is 10.2 Å². The molecule has 3 rings (SSSR count). The molecule has 0 fully saturated rings. The number of hydrogen-bond donors (Lipinski definition) is 1. The van der Waals surface area contributed by atoms with E-state index in [0.29, 0.717) is 24.5 Å². The van der Waals surface area contributed by atoms with Crippen molar-refractivity contribution in [1.29, 1.82) is 0 Å². The van der Waals surface area contributed by atoms with Gasteiger partial charge in [0, 0.05) is 19.5 Å². The van der Waals surface area contributed by atoms with Gasteiger partial charge in [-0.05, 0) is 60.7 Å². The third kappa shape index (κ3) is 8.10. The third-order valence-corrected chi connectivity index (χ3v) is 6.49. The number of nitrogens with one attached hydrogen (secondary N) is 1. The normalized spacial score (nSPS) is 11.5. The van der Waals surface area contributed by atoms with Crippen LogP contribution in [0.5, 0.6) is 11.5 Å². The highest BCUT2D eigenvalue weighted by atomic mass is 16.5. The quantitative estimate of drug-likeness (QED) is 0.324. The zero-order chi connectivity index (χ0) is 26.6. The Morgan fingerprint density at radius 2 is 1.68 bits per heavy atom. The molecule has 0 saturated heterocycles. The number of nitrogens with zero attached hydrogens (tertiary/aromatic N) is 1. The maximum Gasteiger partial charge on any atom is 0.261 e. The SMILES string of the molecule is CCCCNC(=O)[C@H](Cc1ccccc1)N(Cc1cccc(OC)c1)C(=O)COc1cccc(C)c1C. The first-order chi connectivity index (χ1) is 17.9. The summed E-state index contributed by atoms with van der Waals surface area (Å²) in [6, 6.07) is 22.4. The predicted molar refractivity (Wildman–Crippen MR) is 147 cm³/mol. The van der Waals surface area contributed by atoms with E-state index in [0.717, 1.165) is 35.1 Å². The average Bonchev–Trinajstić information content (AvgIpc) is 2.92. The molecule has 0 heterocycles. The van der Waals surface area contributed by atoms with Crippen LogP contribution in [0.3, 0.4) is 0 Å². The molecule has 6 nitrogen and oxygen atoms in total. The molecular weight excluding hydrogens is 464 g/mol. The van der Waals surface area contributed by atoms with Crippen molar-refractivity contribution in [2.75, 3.05) is 20.3 Å². The van der Waals surface area contributed by atoms with Crippen LogP contribution in [0.25, 0.3) is 0 Å². The van der Waals surface area contributed by atoms with Crippen molar-refractivity contribution in [2.45, 2.75) is 52.6 Å². The van der Waals surface area contributed by atoms with E-state index in [-0.39, 0.29) is 25.0 Å². The summed E-state index contributed by atoms with van der Waals surface area (Å²) in [6.07, 6.45) is 2.25. The second-order valence-corrected chi connectivity index (χ2v) is 9.21. The van der Waals surface area contributed by atoms with Gasteiger partial charge in [0.2, 0.25) is 5.91 Å². The Balaban J connectivity index is 1.92. The molecule has 1 atom stereocenters. The summed E-state index contributed by atoms with van der Waals surface area (Å²) in [6.45, 7) is 6.72. The van der Waals surface area contributed by atoms with Crippen LogP contribution in [0.1, 0.15) is 42.0 Å². The summed E-state index contributed by atoms with van der Waals surface area (Å²) >= 11 is 0. The lowest BCUT2D eigenvalue weighted by Crippen LogP contribution is -2.51. The van der Waals surface area contributed by atoms with Crippen LogP contribution < -0.4 is 14.8 Å². The van der Waals surface area contributed by atoms with Crippen molar-refractivity contribution in [3.63, 3.8) is 0 Å². The highest BCUT2D eigenvalue weighted by Gasteiger charge is 2.30. The highest BCUT2D eigenvalue weighted by Crippen LogP contribution is 2.22. The Kier molecular flexibility index (Phi) is 10.6. The number of ether oxygens (including phenoxy) is 2. The summed E-state index contributed by atoms with van der Waals surface area (Å²) in [7, 11) is 1.61. The Morgan fingerprint density at radius 3 is 2.41 bits per heavy atom. The Hall–Kier alpha value is -3.80. The lowest BCUT2D eigenvalue weighted by atomic mass is 10.0. The number of hydrogen-bond acceptors (Lipinski definition) is 4. The number of amides is 2. The summed E-state index contributed by atoms with van der Waals surface area (Å²) in [4.78, 5) is 28.8. The van der Waals surface area contributed by atoms with Crippen LogP contribution in [0.4, 0.5) is 0 Å². The molecule has 0 aliphatic carbocycles. The molecule has 37 heavy (non-hydrogen) atoms. The first kappa shape index (κ1) is 27.8. The fourth-order valence-electron chi connectivity index (χ4n) is 4.13. The summed E-state index contributed by atoms with van der Waals surface area (Å²) < 4.78 is 11.4. The van der Waals surface area contributed by atoms with Crippen LogP contribution in [-0.4, -0.2) is 43.0 Å². The van der Waals surface area contributed by atoms with Crippen LogP contribution >= 0.6 is 0 Å². The second kappa shape index (κ2) is 14.1. The minimum absolute atomic E-state index is 0.165. The van der Waals surface area contributed by atoms with Gasteiger partial charge in [-0.2, -0.15) is 0 Å². The number of aryl methyl sites for hydroxylation is 1. The van der Waals surface area contributed by atoms with Crippen molar-refractivity contribution in [2.24, 2.45) is 0 Å². The fraction of sp³-hybridized carbons (Fsp3) is 0.355. The topological polar surface area (TPSA) is 67.9 Å². The summed E-state index contributed by atoms with van der Waals surface area (Å²) in [5, 5.41) is 3.04. The molecular formula is C31H38N2O4. The third-order valence-electron chi connectivity index (χ3n) is 6.49. The monoisotopic (exact) mass is 502 g/mol. The van der Waals surface area contributed by atoms with Gasteiger partial charge in [-0.25, -0.2) is 0 Å². The highest BCUT2D eigenvalue weighted by molar-refractivity contribution is 5.88. The van der Waals surface area contributed by atoms with E-state index in [2.05, 4.69) is 12.2 Å². The van der Waals surface area contributed by atoms with Gasteiger partial charge in [-0.3, -0.25) is 9.59 Å². The molecule has 0 aliphatic rings. The van der Waals surface area contributed by atoms with E-state index in [1.54, 1.807) is 12.0 Å². The van der Waals surface area contributed by atoms with Crippen LogP contribution in [0.15, 0.2) is 72.8 Å². The van der Waals surface area contributed by atoms with Crippen molar-refractivity contribution < 1.29 is 19.1 Å². The molecule has 1 N–H and O–H groups in total. The van der Waals surface area contributed by atoms with Gasteiger partial charge < -0.3 is 19.7 Å². The van der Waals surface area contributed by atoms with Gasteiger partial charge in [-0.15, -0.1) is 0 Å². The molecule has 0 unspecified atom stereocenters. The molecule has 0 aliphatic heterocycles. The standard InChI is InChI=1S/C31H38N2O4/c1-5-6-18-32-31(35)28(20-25-13-8-7-9-14-25)33(21-26-15-11-16-27(19-26)36-4)30(34)22-37-29-17-10-12-23(2)24(29)3/h7-17,19,28H,5-6,18,20-22H2,1-4H3,(H,32,35)/t28-/m0/s1. The van der Waals surface area contributed by atoms with Gasteiger partial charge in [0.15, 0.2) is 6.61 Å². The molecule has 0 bridgehead atoms. The molecule has 0 saturated carbocycles. The second-order valence-electron chi connectivity index (χ2n) is 9.21. The number of carbonyl (C=O) groups excluding carboxylic acids is 2. The van der Waals surface area contributed by atoms with Gasteiger partial charge in [0.05, 0.1) is 7.11 Å². The maximum atomic E-state index is 13.7. The zero-order valence-electron chi connectivity index (χ0n) is 22.3. The number of methoxy groups -OCH3 is 1. The molecule has 0 aromatic heterocycles. The fourth-order valence-corrected chi connectivity index (χ4v) is 4.13. The van der Waals surface area contributed by atoms with Crippen LogP contribution in [0.2, 0.25) is 0 Å². The Bertz CT molecular complexity index is 1160. The largest absolute Gasteiger partial charge is 0.497 e. The van der Waals surface area contributed by atoms with Gasteiger partial charge in [0.1, 0.15) is 17.5 Å². The molecule has 6 heteroatoms. The van der Waals surface area contributed by atoms with Crippen molar-refractivity contribution in [3.05, 3.63) is 95.1 Å². The number of benzene rings is 3. The van der Waals surface area contributed by atoms with Crippen LogP contribution in [0, 0.1) is 13.8 Å². The van der Waals surface area contributed by atoms with E-state index >= 15 is 0 Å². The summed E-state index contributed by atoms with van der Waals surface area (Å²) in [5.74, 6) is 0.945. The number of rotatable bonds is 13. The van der Waals surface area contributed by atoms with E-state index in [4.69, 9.17) is 9.47 Å². The van der Waals surface area contributed by atoms with Gasteiger partial charge >= 0.3 is 0 Å². The molecule has 3 aromatic rings. The molecule has 2 amide bonds. The first-order valence-electron chi connectivity index (χ1n) is 12.9. The van der Waals surface area contributed by atoms with E-state index in [1.165, 1.54) is 0 Å². The number of unbranched alkanes of at least 4 members (excludes halogenated alkanes) is 1. The number of carbonyl (C=O) groups is 2. The molecule has 0 radical (unpaired) electrons. The zero-order valence-corrected chi connectivity index (χ0v) is 22.3. The lowest BCUT2D eigenvalue weighted by molar-refractivity contribution is -0.142. The van der Waals surface area contributed by atoms with E-state index in [1.807, 2.05) is 86.6 Å². The van der Waals surface area contributed by atoms with Crippen LogP contribution in [-0.2, 0) is 22.6 Å². The maximum absolute atomic E-state index is 13.7. The minimum atomic E-state index is -0.694. The lowest BCUT2D eigenvalue weighted by Gasteiger charge is -2.31. The van der Waals surface area contributed by atoms with Crippen molar-refractivity contribution in [3.8, 4) is 11.5 Å². The van der Waals surface area contributed by atoms with Gasteiger partial charge in [0.25, 0.3) is 5.91 Å². The average molecular weight is 503 g/mol. The van der Waals surface area contributed by atoms with Gasteiger partial charge in [-0.1, -0.05) is 67.9 Å². The predicted octanol–water partition coefficient (Wildman–Crippen LogP) is 5.25. The van der Waals surface area contributed by atoms with E-state index in [9.17, 15) is 9.59 Å². The van der Waals surface area contributed by atoms with E-state index < -0.39 is 6.04 Å². The Labute approximate surface area is 220 Å². The molecule has 0 spiro atoms.